The second-order valence-corrected chi connectivity index (χ2v) is 7.47. The molecular formula is C17H29F3N2O. The number of hydrogen-bond donors (Lipinski definition) is 1. The van der Waals surface area contributed by atoms with Gasteiger partial charge in [0.1, 0.15) is 6.61 Å². The fraction of sp³-hybridized carbons (Fsp3) is 1.00. The lowest BCUT2D eigenvalue weighted by Gasteiger charge is -2.37. The van der Waals surface area contributed by atoms with Gasteiger partial charge in [0.2, 0.25) is 0 Å². The van der Waals surface area contributed by atoms with Crippen LogP contribution in [0.25, 0.3) is 0 Å². The quantitative estimate of drug-likeness (QED) is 0.834. The summed E-state index contributed by atoms with van der Waals surface area (Å²) < 4.78 is 42.4. The van der Waals surface area contributed by atoms with Gasteiger partial charge in [0, 0.05) is 18.6 Å². The van der Waals surface area contributed by atoms with Crippen LogP contribution in [0, 0.1) is 5.92 Å². The summed E-state index contributed by atoms with van der Waals surface area (Å²) in [7, 11) is 0. The molecule has 4 atom stereocenters. The van der Waals surface area contributed by atoms with E-state index in [-0.39, 0.29) is 12.0 Å². The molecule has 3 fully saturated rings. The lowest BCUT2D eigenvalue weighted by molar-refractivity contribution is -0.193. The minimum Gasteiger partial charge on any atom is -0.368 e. The summed E-state index contributed by atoms with van der Waals surface area (Å²) in [5, 5.41) is 3.64. The monoisotopic (exact) mass is 334 g/mol. The number of piperidine rings is 1. The zero-order valence-corrected chi connectivity index (χ0v) is 13.8. The first-order valence-corrected chi connectivity index (χ1v) is 9.17. The topological polar surface area (TPSA) is 24.5 Å². The summed E-state index contributed by atoms with van der Waals surface area (Å²) in [6, 6.07) is 1.25. The summed E-state index contributed by atoms with van der Waals surface area (Å²) in [4.78, 5) is 2.59. The van der Waals surface area contributed by atoms with Crippen LogP contribution in [0.1, 0.15) is 51.4 Å². The third kappa shape index (κ3) is 5.07. The Hall–Kier alpha value is -0.330. The third-order valence-corrected chi connectivity index (χ3v) is 5.79. The molecule has 1 N–H and O–H groups in total. The molecule has 0 bridgehead atoms. The predicted molar refractivity (Wildman–Crippen MR) is 83.4 cm³/mol. The Morgan fingerprint density at radius 2 is 1.83 bits per heavy atom. The first-order valence-electron chi connectivity index (χ1n) is 9.17. The maximum Gasteiger partial charge on any atom is 0.411 e. The van der Waals surface area contributed by atoms with Crippen LogP contribution in [0.2, 0.25) is 0 Å². The highest BCUT2D eigenvalue weighted by Gasteiger charge is 2.34. The lowest BCUT2D eigenvalue weighted by Crippen LogP contribution is -2.48. The molecule has 4 unspecified atom stereocenters. The van der Waals surface area contributed by atoms with Crippen LogP contribution in [-0.2, 0) is 4.74 Å². The molecule has 1 saturated carbocycles. The summed E-state index contributed by atoms with van der Waals surface area (Å²) in [6.07, 6.45) is 4.37. The highest BCUT2D eigenvalue weighted by Crippen LogP contribution is 2.30. The number of rotatable bonds is 5. The predicted octanol–water partition coefficient (Wildman–Crippen LogP) is 3.34. The first kappa shape index (κ1) is 17.5. The zero-order valence-electron chi connectivity index (χ0n) is 13.8. The minimum atomic E-state index is -4.22. The Kier molecular flexibility index (Phi) is 5.86. The van der Waals surface area contributed by atoms with Gasteiger partial charge in [-0.1, -0.05) is 12.8 Å². The highest BCUT2D eigenvalue weighted by atomic mass is 19.4. The molecule has 23 heavy (non-hydrogen) atoms. The van der Waals surface area contributed by atoms with E-state index >= 15 is 0 Å². The van der Waals surface area contributed by atoms with Gasteiger partial charge in [0.25, 0.3) is 0 Å². The maximum atomic E-state index is 12.4. The van der Waals surface area contributed by atoms with Crippen LogP contribution < -0.4 is 5.32 Å². The Balaban J connectivity index is 1.43. The minimum absolute atomic E-state index is 0.229. The van der Waals surface area contributed by atoms with Crippen molar-refractivity contribution in [3.63, 3.8) is 0 Å². The van der Waals surface area contributed by atoms with Crippen molar-refractivity contribution in [2.24, 2.45) is 5.92 Å². The standard InChI is InChI=1S/C17H29F3N2O/c18-17(19,20)12-23-16-6-2-1-4-13(16)11-21-14-7-9-22-8-3-5-15(22)10-14/h13-16,21H,1-12H2. The van der Waals surface area contributed by atoms with Crippen molar-refractivity contribution in [2.75, 3.05) is 26.2 Å². The van der Waals surface area contributed by atoms with E-state index in [1.165, 1.54) is 32.4 Å². The summed E-state index contributed by atoms with van der Waals surface area (Å²) in [5.41, 5.74) is 0. The molecule has 2 aliphatic heterocycles. The van der Waals surface area contributed by atoms with Crippen LogP contribution in [-0.4, -0.2) is 55.5 Å². The Morgan fingerprint density at radius 1 is 1.00 bits per heavy atom. The van der Waals surface area contributed by atoms with Gasteiger partial charge in [0.05, 0.1) is 6.10 Å². The Labute approximate surface area is 136 Å². The molecule has 0 spiro atoms. The lowest BCUT2D eigenvalue weighted by atomic mass is 9.85. The molecular weight excluding hydrogens is 305 g/mol. The summed E-state index contributed by atoms with van der Waals surface area (Å²) in [5.74, 6) is 0.229. The number of nitrogens with one attached hydrogen (secondary N) is 1. The molecule has 6 heteroatoms. The van der Waals surface area contributed by atoms with Gasteiger partial charge in [-0.05, 0) is 57.5 Å². The van der Waals surface area contributed by atoms with Crippen molar-refractivity contribution in [3.8, 4) is 0 Å². The largest absolute Gasteiger partial charge is 0.411 e. The molecule has 0 aromatic rings. The fourth-order valence-corrected chi connectivity index (χ4v) is 4.56. The molecule has 1 aliphatic carbocycles. The number of fused-ring (bicyclic) bond motifs is 1. The van der Waals surface area contributed by atoms with Crippen molar-refractivity contribution in [1.82, 2.24) is 10.2 Å². The summed E-state index contributed by atoms with van der Waals surface area (Å²) >= 11 is 0. The van der Waals surface area contributed by atoms with Gasteiger partial charge in [-0.2, -0.15) is 13.2 Å². The van der Waals surface area contributed by atoms with Crippen molar-refractivity contribution >= 4 is 0 Å². The molecule has 0 aromatic carbocycles. The number of nitrogens with zero attached hydrogens (tertiary/aromatic N) is 1. The normalized spacial score (nSPS) is 36.1. The van der Waals surface area contributed by atoms with E-state index in [4.69, 9.17) is 4.74 Å². The molecule has 3 rings (SSSR count). The Morgan fingerprint density at radius 3 is 2.65 bits per heavy atom. The van der Waals surface area contributed by atoms with E-state index in [1.54, 1.807) is 0 Å². The second kappa shape index (κ2) is 7.70. The molecule has 2 heterocycles. The zero-order chi connectivity index (χ0) is 16.3. The van der Waals surface area contributed by atoms with E-state index in [1.807, 2.05) is 0 Å². The van der Waals surface area contributed by atoms with Gasteiger partial charge in [-0.25, -0.2) is 0 Å². The van der Waals surface area contributed by atoms with Gasteiger partial charge in [-0.3, -0.25) is 0 Å². The number of ether oxygens (including phenoxy) is 1. The van der Waals surface area contributed by atoms with Crippen molar-refractivity contribution in [2.45, 2.75) is 75.7 Å². The molecule has 134 valence electrons. The van der Waals surface area contributed by atoms with E-state index < -0.39 is 12.8 Å². The second-order valence-electron chi connectivity index (χ2n) is 7.47. The van der Waals surface area contributed by atoms with E-state index in [0.717, 1.165) is 44.7 Å². The number of hydrogen-bond acceptors (Lipinski definition) is 3. The smallest absolute Gasteiger partial charge is 0.368 e. The summed E-state index contributed by atoms with van der Waals surface area (Å²) in [6.45, 7) is 2.11. The average Bonchev–Trinajstić information content (AvgIpc) is 2.98. The average molecular weight is 334 g/mol. The van der Waals surface area contributed by atoms with Crippen LogP contribution >= 0.6 is 0 Å². The molecule has 3 nitrogen and oxygen atoms in total. The van der Waals surface area contributed by atoms with E-state index in [2.05, 4.69) is 10.2 Å². The number of halogens is 3. The van der Waals surface area contributed by atoms with Crippen molar-refractivity contribution in [1.29, 1.82) is 0 Å². The molecule has 0 amide bonds. The van der Waals surface area contributed by atoms with Gasteiger partial charge in [0.15, 0.2) is 0 Å². The molecule has 2 saturated heterocycles. The molecule has 0 radical (unpaired) electrons. The van der Waals surface area contributed by atoms with Gasteiger partial charge < -0.3 is 15.0 Å². The van der Waals surface area contributed by atoms with Gasteiger partial charge >= 0.3 is 6.18 Å². The van der Waals surface area contributed by atoms with Crippen LogP contribution in [0.3, 0.4) is 0 Å². The van der Waals surface area contributed by atoms with Crippen LogP contribution in [0.4, 0.5) is 13.2 Å². The highest BCUT2D eigenvalue weighted by molar-refractivity contribution is 4.90. The van der Waals surface area contributed by atoms with Gasteiger partial charge in [-0.15, -0.1) is 0 Å². The molecule has 0 aromatic heterocycles. The van der Waals surface area contributed by atoms with Crippen molar-refractivity contribution < 1.29 is 17.9 Å². The van der Waals surface area contributed by atoms with Crippen molar-refractivity contribution in [3.05, 3.63) is 0 Å². The maximum absolute atomic E-state index is 12.4. The van der Waals surface area contributed by atoms with E-state index in [0.29, 0.717) is 6.04 Å². The molecule has 3 aliphatic rings. The van der Waals surface area contributed by atoms with E-state index in [9.17, 15) is 13.2 Å². The third-order valence-electron chi connectivity index (χ3n) is 5.79. The van der Waals surface area contributed by atoms with Crippen LogP contribution in [0.5, 0.6) is 0 Å². The van der Waals surface area contributed by atoms with Crippen LogP contribution in [0.15, 0.2) is 0 Å². The Bertz CT molecular complexity index is 377. The first-order chi connectivity index (χ1) is 11.0. The fourth-order valence-electron chi connectivity index (χ4n) is 4.56. The number of alkyl halides is 3. The SMILES string of the molecule is FC(F)(F)COC1CCCCC1CNC1CCN2CCCC2C1.